The van der Waals surface area contributed by atoms with Gasteiger partial charge < -0.3 is 14.6 Å². The molecule has 1 N–H and O–H groups in total. The number of ether oxygens (including phenoxy) is 2. The van der Waals surface area contributed by atoms with Crippen molar-refractivity contribution in [2.45, 2.75) is 63.4 Å². The van der Waals surface area contributed by atoms with Gasteiger partial charge in [-0.25, -0.2) is 9.78 Å². The van der Waals surface area contributed by atoms with E-state index in [1.807, 2.05) is 4.90 Å². The molecule has 4 saturated heterocycles. The molecule has 1 unspecified atom stereocenters. The van der Waals surface area contributed by atoms with Crippen LogP contribution in [0.3, 0.4) is 0 Å². The first-order chi connectivity index (χ1) is 15.2. The summed E-state index contributed by atoms with van der Waals surface area (Å²) in [5.74, 6) is -2.21. The van der Waals surface area contributed by atoms with Gasteiger partial charge in [0.05, 0.1) is 6.61 Å². The fourth-order valence-corrected chi connectivity index (χ4v) is 6.47. The summed E-state index contributed by atoms with van der Waals surface area (Å²) in [5, 5.41) is 9.16. The molecule has 1 spiro atoms. The molecule has 5 fully saturated rings. The van der Waals surface area contributed by atoms with E-state index in [9.17, 15) is 13.2 Å². The molecule has 1 saturated carbocycles. The number of allylic oxidation sites excluding steroid dienone is 1. The molecule has 5 heterocycles. The zero-order valence-corrected chi connectivity index (χ0v) is 18.7. The van der Waals surface area contributed by atoms with Crippen molar-refractivity contribution in [3.63, 3.8) is 0 Å². The standard InChI is InChI=1S/C22H33F3N2O5/c1-14-3-4-17-15(13-27-9-7-26(8-10-27)11-12-28)18(22(23,24)25)29-19-21(17)16(14)5-6-20(2,30-19)31-32-21/h14,16-17,19,28H,3-13H2,1-2H3/t14-,16+,17+,19-,20+,21?/m1/s1. The molecule has 0 aromatic rings. The van der Waals surface area contributed by atoms with Crippen molar-refractivity contribution in [1.29, 1.82) is 0 Å². The Morgan fingerprint density at radius 1 is 1.06 bits per heavy atom. The summed E-state index contributed by atoms with van der Waals surface area (Å²) in [5.41, 5.74) is -0.796. The third kappa shape index (κ3) is 3.67. The molecule has 0 aromatic carbocycles. The lowest BCUT2D eigenvalue weighted by Crippen LogP contribution is -2.68. The minimum atomic E-state index is -4.61. The fourth-order valence-electron chi connectivity index (χ4n) is 6.47. The highest BCUT2D eigenvalue weighted by Crippen LogP contribution is 2.61. The zero-order chi connectivity index (χ0) is 22.7. The van der Waals surface area contributed by atoms with E-state index in [2.05, 4.69) is 11.8 Å². The molecule has 10 heteroatoms. The average Bonchev–Trinajstić information content (AvgIpc) is 2.97. The van der Waals surface area contributed by atoms with E-state index in [-0.39, 0.29) is 30.6 Å². The molecular weight excluding hydrogens is 429 g/mol. The highest BCUT2D eigenvalue weighted by atomic mass is 19.4. The number of alkyl halides is 3. The number of piperazine rings is 1. The van der Waals surface area contributed by atoms with E-state index in [1.54, 1.807) is 6.92 Å². The van der Waals surface area contributed by atoms with E-state index < -0.39 is 35.5 Å². The van der Waals surface area contributed by atoms with Crippen molar-refractivity contribution in [3.8, 4) is 0 Å². The maximum Gasteiger partial charge on any atom is 0.449 e. The zero-order valence-electron chi connectivity index (χ0n) is 18.7. The summed E-state index contributed by atoms with van der Waals surface area (Å²) in [4.78, 5) is 15.9. The molecule has 2 bridgehead atoms. The molecule has 0 aromatic heterocycles. The number of nitrogens with zero attached hydrogens (tertiary/aromatic N) is 2. The molecule has 0 radical (unpaired) electrons. The molecule has 32 heavy (non-hydrogen) atoms. The summed E-state index contributed by atoms with van der Waals surface area (Å²) >= 11 is 0. The van der Waals surface area contributed by atoms with Crippen LogP contribution in [0.5, 0.6) is 0 Å². The molecule has 182 valence electrons. The van der Waals surface area contributed by atoms with Gasteiger partial charge in [0.25, 0.3) is 0 Å². The Morgan fingerprint density at radius 2 is 1.78 bits per heavy atom. The van der Waals surface area contributed by atoms with E-state index >= 15 is 0 Å². The minimum Gasteiger partial charge on any atom is -0.456 e. The maximum absolute atomic E-state index is 14.2. The lowest BCUT2D eigenvalue weighted by molar-refractivity contribution is -0.557. The van der Waals surface area contributed by atoms with Crippen molar-refractivity contribution < 1.29 is 37.5 Å². The second kappa shape index (κ2) is 8.09. The van der Waals surface area contributed by atoms with Crippen LogP contribution in [0.2, 0.25) is 0 Å². The second-order valence-electron chi connectivity index (χ2n) is 10.2. The number of aliphatic hydroxyl groups is 1. The van der Waals surface area contributed by atoms with Crippen LogP contribution in [0.25, 0.3) is 0 Å². The molecule has 6 aliphatic rings. The van der Waals surface area contributed by atoms with E-state index in [1.165, 1.54) is 0 Å². The molecule has 6 rings (SSSR count). The van der Waals surface area contributed by atoms with E-state index in [0.29, 0.717) is 32.5 Å². The van der Waals surface area contributed by atoms with Crippen LogP contribution in [-0.4, -0.2) is 84.6 Å². The van der Waals surface area contributed by atoms with Gasteiger partial charge in [0.15, 0.2) is 5.60 Å². The van der Waals surface area contributed by atoms with Gasteiger partial charge in [0, 0.05) is 57.5 Å². The second-order valence-corrected chi connectivity index (χ2v) is 10.2. The van der Waals surface area contributed by atoms with Gasteiger partial charge in [-0.3, -0.25) is 9.80 Å². The predicted molar refractivity (Wildman–Crippen MR) is 107 cm³/mol. The van der Waals surface area contributed by atoms with Gasteiger partial charge in [0.1, 0.15) is 0 Å². The van der Waals surface area contributed by atoms with Crippen molar-refractivity contribution in [3.05, 3.63) is 11.3 Å². The van der Waals surface area contributed by atoms with Crippen LogP contribution in [-0.2, 0) is 19.2 Å². The summed E-state index contributed by atoms with van der Waals surface area (Å²) in [6.07, 6.45) is -3.00. The lowest BCUT2D eigenvalue weighted by atomic mass is 9.59. The number of rotatable bonds is 4. The Balaban J connectivity index is 1.50. The SMILES string of the molecule is C[C@@H]1CC[C@H]2C(CN3CCN(CCO)CC3)=C(C(F)(F)F)O[C@@H]3O[C@]4(C)CC[C@@H]1C32OO4. The Bertz CT molecular complexity index is 756. The summed E-state index contributed by atoms with van der Waals surface area (Å²) < 4.78 is 54.4. The molecule has 5 aliphatic heterocycles. The Kier molecular flexibility index (Phi) is 5.78. The topological polar surface area (TPSA) is 63.6 Å². The quantitative estimate of drug-likeness (QED) is 0.645. The van der Waals surface area contributed by atoms with Gasteiger partial charge in [-0.15, -0.1) is 0 Å². The van der Waals surface area contributed by atoms with Gasteiger partial charge in [0.2, 0.25) is 17.8 Å². The number of hydrogen-bond donors (Lipinski definition) is 1. The molecule has 0 amide bonds. The van der Waals surface area contributed by atoms with Crippen molar-refractivity contribution in [1.82, 2.24) is 9.80 Å². The van der Waals surface area contributed by atoms with Gasteiger partial charge in [-0.1, -0.05) is 6.92 Å². The Labute approximate surface area is 186 Å². The largest absolute Gasteiger partial charge is 0.456 e. The smallest absolute Gasteiger partial charge is 0.449 e. The highest BCUT2D eigenvalue weighted by Gasteiger charge is 2.70. The normalized spacial score (nSPS) is 43.1. The van der Waals surface area contributed by atoms with Gasteiger partial charge in [-0.2, -0.15) is 13.2 Å². The third-order valence-corrected chi connectivity index (χ3v) is 8.19. The molecular formula is C22H33F3N2O5. The third-order valence-electron chi connectivity index (χ3n) is 8.19. The van der Waals surface area contributed by atoms with Crippen molar-refractivity contribution in [2.24, 2.45) is 17.8 Å². The Hall–Kier alpha value is -0.910. The van der Waals surface area contributed by atoms with Crippen LogP contribution in [0.15, 0.2) is 11.3 Å². The van der Waals surface area contributed by atoms with Gasteiger partial charge in [-0.05, 0) is 37.7 Å². The van der Waals surface area contributed by atoms with Crippen molar-refractivity contribution >= 4 is 0 Å². The minimum absolute atomic E-state index is 0.00163. The van der Waals surface area contributed by atoms with E-state index in [0.717, 1.165) is 25.9 Å². The number of β-amino-alcohol motifs (C(OH)–C–C–N with tert-alkyl or cyclic N) is 1. The number of halogens is 3. The van der Waals surface area contributed by atoms with Crippen LogP contribution in [0.1, 0.15) is 39.5 Å². The fraction of sp³-hybridized carbons (Fsp3) is 0.909. The summed E-state index contributed by atoms with van der Waals surface area (Å²) in [6.45, 7) is 7.42. The molecule has 6 atom stereocenters. The number of fused-ring (bicyclic) bond motifs is 2. The van der Waals surface area contributed by atoms with Gasteiger partial charge >= 0.3 is 6.18 Å². The monoisotopic (exact) mass is 462 g/mol. The Morgan fingerprint density at radius 3 is 2.47 bits per heavy atom. The first-order valence-electron chi connectivity index (χ1n) is 11.7. The summed E-state index contributed by atoms with van der Waals surface area (Å²) in [7, 11) is 0. The molecule has 1 aliphatic carbocycles. The van der Waals surface area contributed by atoms with Crippen LogP contribution >= 0.6 is 0 Å². The first kappa shape index (κ1) is 22.9. The first-order valence-corrected chi connectivity index (χ1v) is 11.7. The molecule has 7 nitrogen and oxygen atoms in total. The highest BCUT2D eigenvalue weighted by molar-refractivity contribution is 5.29. The van der Waals surface area contributed by atoms with E-state index in [4.69, 9.17) is 24.4 Å². The van der Waals surface area contributed by atoms with Crippen LogP contribution in [0, 0.1) is 17.8 Å². The van der Waals surface area contributed by atoms with Crippen molar-refractivity contribution in [2.75, 3.05) is 45.9 Å². The van der Waals surface area contributed by atoms with Crippen LogP contribution in [0.4, 0.5) is 13.2 Å². The predicted octanol–water partition coefficient (Wildman–Crippen LogP) is 2.66. The number of hydrogen-bond acceptors (Lipinski definition) is 7. The number of aliphatic hydroxyl groups excluding tert-OH is 1. The van der Waals surface area contributed by atoms with Crippen LogP contribution < -0.4 is 0 Å². The average molecular weight is 463 g/mol. The maximum atomic E-state index is 14.2. The lowest BCUT2D eigenvalue weighted by Gasteiger charge is -2.57. The summed E-state index contributed by atoms with van der Waals surface area (Å²) in [6, 6.07) is 0.